The maximum absolute atomic E-state index is 14.0. The van der Waals surface area contributed by atoms with Crippen LogP contribution in [-0.4, -0.2) is 327 Å². The number of carbonyl (C=O) groups excluding carboxylic acids is 5. The van der Waals surface area contributed by atoms with E-state index in [1.807, 2.05) is 0 Å². The molecule has 36 nitrogen and oxygen atoms in total. The summed E-state index contributed by atoms with van der Waals surface area (Å²) in [5, 5.41) is 157. The van der Waals surface area contributed by atoms with Gasteiger partial charge < -0.3 is 155 Å². The lowest BCUT2D eigenvalue weighted by Gasteiger charge is -2.49. The minimum absolute atomic E-state index is 0.0719. The minimum atomic E-state index is -2.06. The Kier molecular flexibility index (Phi) is 34.7. The van der Waals surface area contributed by atoms with Gasteiger partial charge in [0.1, 0.15) is 134 Å². The summed E-state index contributed by atoms with van der Waals surface area (Å²) >= 11 is 0. The topological polar surface area (TPSA) is 528 Å². The molecule has 0 radical (unpaired) electrons. The molecule has 0 saturated carbocycles. The van der Waals surface area contributed by atoms with Crippen LogP contribution in [0.15, 0.2) is 24.3 Å². The molecule has 18 N–H and O–H groups in total. The molecule has 0 aromatic heterocycles. The van der Waals surface area contributed by atoms with E-state index in [4.69, 9.17) is 61.6 Å². The molecule has 100 heavy (non-hydrogen) atoms. The number of benzene rings is 1. The fourth-order valence-electron chi connectivity index (χ4n) is 12.5. The van der Waals surface area contributed by atoms with E-state index in [0.29, 0.717) is 12.4 Å². The molecule has 1 aromatic rings. The second-order valence-corrected chi connectivity index (χ2v) is 25.7. The molecule has 29 atom stereocenters. The lowest BCUT2D eigenvalue weighted by molar-refractivity contribution is -0.354. The van der Waals surface area contributed by atoms with Gasteiger partial charge in [0.15, 0.2) is 37.7 Å². The highest BCUT2D eigenvalue weighted by Crippen LogP contribution is 2.35. The maximum atomic E-state index is 14.0. The summed E-state index contributed by atoms with van der Waals surface area (Å²) in [7, 11) is 1.21. The maximum Gasteiger partial charge on any atom is 0.251 e. The van der Waals surface area contributed by atoms with E-state index in [1.165, 1.54) is 65.2 Å². The fourth-order valence-corrected chi connectivity index (χ4v) is 12.5. The van der Waals surface area contributed by atoms with Gasteiger partial charge >= 0.3 is 0 Å². The van der Waals surface area contributed by atoms with Crippen LogP contribution < -0.4 is 31.3 Å². The zero-order valence-corrected chi connectivity index (χ0v) is 57.5. The second kappa shape index (κ2) is 41.2. The van der Waals surface area contributed by atoms with Gasteiger partial charge in [-0.15, -0.1) is 0 Å². The molecule has 1 aromatic carbocycles. The molecule has 6 rings (SSSR count). The Hall–Kier alpha value is -4.63. The zero-order chi connectivity index (χ0) is 73.7. The Balaban J connectivity index is 1.20. The van der Waals surface area contributed by atoms with E-state index in [9.17, 15) is 90.4 Å². The number of nitrogens with one attached hydrogen (secondary N) is 5. The van der Waals surface area contributed by atoms with E-state index in [1.54, 1.807) is 12.1 Å². The second-order valence-electron chi connectivity index (χ2n) is 25.7. The number of aliphatic hydroxyl groups excluding tert-OH is 13. The van der Waals surface area contributed by atoms with Crippen LogP contribution in [0.2, 0.25) is 0 Å². The van der Waals surface area contributed by atoms with Gasteiger partial charge in [0.25, 0.3) is 5.91 Å². The van der Waals surface area contributed by atoms with Crippen molar-refractivity contribution in [2.24, 2.45) is 0 Å². The van der Waals surface area contributed by atoms with Gasteiger partial charge in [0.2, 0.25) is 23.6 Å². The molecule has 0 bridgehead atoms. The van der Waals surface area contributed by atoms with Crippen LogP contribution >= 0.6 is 0 Å². The Morgan fingerprint density at radius 3 is 1.63 bits per heavy atom. The van der Waals surface area contributed by atoms with Gasteiger partial charge in [-0.25, -0.2) is 0 Å². The van der Waals surface area contributed by atoms with Crippen molar-refractivity contribution in [2.45, 2.75) is 284 Å². The number of carbonyl (C=O) groups is 5. The molecule has 5 heterocycles. The predicted molar refractivity (Wildman–Crippen MR) is 340 cm³/mol. The van der Waals surface area contributed by atoms with Gasteiger partial charge in [0.05, 0.1) is 58.5 Å². The summed E-state index contributed by atoms with van der Waals surface area (Å²) in [4.78, 5) is 64.8. The lowest BCUT2D eigenvalue weighted by atomic mass is 9.94. The number of unbranched alkanes of at least 4 members (excludes halogenated alkanes) is 8. The quantitative estimate of drug-likeness (QED) is 0.0217. The van der Waals surface area contributed by atoms with Crippen LogP contribution in [0.5, 0.6) is 5.75 Å². The number of hydrogen-bond acceptors (Lipinski definition) is 31. The summed E-state index contributed by atoms with van der Waals surface area (Å²) < 4.78 is 78.1. The van der Waals surface area contributed by atoms with Gasteiger partial charge in [-0.05, 0) is 38.5 Å². The largest absolute Gasteiger partial charge is 0.494 e. The Morgan fingerprint density at radius 1 is 0.530 bits per heavy atom. The smallest absolute Gasteiger partial charge is 0.251 e. The molecule has 5 saturated heterocycles. The summed E-state index contributed by atoms with van der Waals surface area (Å²) in [6.45, 7) is 4.08. The molecule has 0 spiro atoms. The molecule has 5 aliphatic rings. The van der Waals surface area contributed by atoms with Gasteiger partial charge in [0, 0.05) is 40.4 Å². The first-order chi connectivity index (χ1) is 47.6. The first-order valence-electron chi connectivity index (χ1n) is 34.0. The van der Waals surface area contributed by atoms with Crippen LogP contribution in [0.4, 0.5) is 0 Å². The molecular formula is C64H107N5O31. The fraction of sp³-hybridized carbons (Fsp3) is 0.828. The lowest BCUT2D eigenvalue weighted by Crippen LogP contribution is -2.70. The number of methoxy groups -OCH3 is 1. The average Bonchev–Trinajstić information content (AvgIpc) is 0.778. The SMILES string of the molecule is CCCCCCCCCCCOc1cccc(C(=O)N[C@@H]2C(O[C@H]3C(O)C(NC(C)=O)[C@H](OC(C)C(CO)O[C@@H](O[C@H]4C(O)C(NC(C)=O)C(OC5C(CO[C@@H]6OC(C)C(O)[C@H](O)[C@H]6OC)OC(O)[C@@H](NC(C)=O)[C@H]5O)O[C@H]4CO)[C@H](CO)NC(C)=O)O[C@H]3CO)OC(CO)[C@@H](O)C2O)c1. The van der Waals surface area contributed by atoms with Crippen LogP contribution in [-0.2, 0) is 76.0 Å². The minimum Gasteiger partial charge on any atom is -0.494 e. The van der Waals surface area contributed by atoms with E-state index < -0.39 is 247 Å². The van der Waals surface area contributed by atoms with Crippen molar-refractivity contribution in [1.82, 2.24) is 26.6 Å². The zero-order valence-electron chi connectivity index (χ0n) is 57.5. The summed E-state index contributed by atoms with van der Waals surface area (Å²) in [6, 6.07) is -2.08. The van der Waals surface area contributed by atoms with Crippen molar-refractivity contribution in [3.05, 3.63) is 29.8 Å². The Labute approximate surface area is 579 Å². The third-order valence-electron chi connectivity index (χ3n) is 17.9. The van der Waals surface area contributed by atoms with Crippen molar-refractivity contribution in [3.8, 4) is 5.75 Å². The third kappa shape index (κ3) is 22.9. The van der Waals surface area contributed by atoms with Crippen LogP contribution in [0.25, 0.3) is 0 Å². The highest BCUT2D eigenvalue weighted by atomic mass is 16.8. The summed E-state index contributed by atoms with van der Waals surface area (Å²) in [5.41, 5.74) is 0.0719. The van der Waals surface area contributed by atoms with Gasteiger partial charge in [-0.2, -0.15) is 0 Å². The molecule has 0 aliphatic carbocycles. The van der Waals surface area contributed by atoms with E-state index in [-0.39, 0.29) is 5.56 Å². The molecule has 5 aliphatic heterocycles. The molecule has 5 fully saturated rings. The number of aliphatic hydroxyl groups is 13. The van der Waals surface area contributed by atoms with E-state index in [0.717, 1.165) is 53.4 Å². The highest BCUT2D eigenvalue weighted by Gasteiger charge is 2.56. The monoisotopic (exact) mass is 1440 g/mol. The number of ether oxygens (including phenoxy) is 13. The van der Waals surface area contributed by atoms with E-state index >= 15 is 0 Å². The molecule has 574 valence electrons. The molecule has 5 amide bonds. The van der Waals surface area contributed by atoms with Crippen molar-refractivity contribution < 1.29 is 152 Å². The van der Waals surface area contributed by atoms with Crippen LogP contribution in [0.1, 0.15) is 117 Å². The normalized spacial score (nSPS) is 35.9. The summed E-state index contributed by atoms with van der Waals surface area (Å²) in [6.07, 6.45) is -30.6. The molecule has 36 heteroatoms. The number of rotatable bonds is 38. The van der Waals surface area contributed by atoms with Crippen molar-refractivity contribution >= 4 is 29.5 Å². The van der Waals surface area contributed by atoms with Crippen molar-refractivity contribution in [2.75, 3.05) is 53.4 Å². The van der Waals surface area contributed by atoms with E-state index in [2.05, 4.69) is 33.5 Å². The van der Waals surface area contributed by atoms with Gasteiger partial charge in [-0.3, -0.25) is 24.0 Å². The first-order valence-corrected chi connectivity index (χ1v) is 34.0. The highest BCUT2D eigenvalue weighted by molar-refractivity contribution is 5.94. The number of hydrogen-bond donors (Lipinski definition) is 18. The average molecular weight is 1440 g/mol. The molecular weight excluding hydrogens is 1330 g/mol. The standard InChI is InChI=1S/C64H107N5O31/c1-9-10-11-12-13-14-15-16-17-21-89-36-20-18-19-35(22-36)58(86)69-44-49(81)48(80)39(25-72)95-62(44)99-55-41(27-74)96-61(45(51(55)83)67-33(6)77)91-29(2)38(24-71)94-60(37(23-70)65-31(4)75)98-54-40(26-73)97-63(46(52(54)84)68-34(7)78)100-56-42(93-59(87)43(50(56)82)66-32(5)76)28-90-64-57(88-8)53(85)47(79)30(3)92-64/h18-20,22,29-30,37-57,59-64,70-74,79-85,87H,9-17,21,23-28H2,1-8H3,(H,65,75)(H,66,76)(H,67,77)(H,68,78)(H,69,86)/t29?,30?,37-,38?,39?,40-,41-,42?,43-,44-,45?,46?,47?,48+,49?,50+,51?,52?,53-,54+,55+,56?,57+,59?,60-,61+,62?,63?,64+/m0/s1. The number of amides is 5. The summed E-state index contributed by atoms with van der Waals surface area (Å²) in [5.74, 6) is -3.51. The Morgan fingerprint density at radius 2 is 1.06 bits per heavy atom. The Bertz CT molecular complexity index is 2650. The van der Waals surface area contributed by atoms with Gasteiger partial charge in [-0.1, -0.05) is 64.4 Å². The molecule has 15 unspecified atom stereocenters. The van der Waals surface area contributed by atoms with Crippen LogP contribution in [0.3, 0.4) is 0 Å². The van der Waals surface area contributed by atoms with Crippen molar-refractivity contribution in [1.29, 1.82) is 0 Å². The van der Waals surface area contributed by atoms with Crippen LogP contribution in [0, 0.1) is 0 Å². The van der Waals surface area contributed by atoms with Crippen molar-refractivity contribution in [3.63, 3.8) is 0 Å². The third-order valence-corrected chi connectivity index (χ3v) is 17.9. The predicted octanol–water partition coefficient (Wildman–Crippen LogP) is -5.86. The first kappa shape index (κ1) is 84.3.